The lowest BCUT2D eigenvalue weighted by atomic mass is 10.0. The number of carbonyl (C=O) groups is 1. The molecule has 2 aromatic rings. The first-order valence-corrected chi connectivity index (χ1v) is 5.57. The molecular weight excluding hydrogens is 206 g/mol. The number of ketones is 1. The van der Waals surface area contributed by atoms with Crippen LogP contribution in [0.4, 0.5) is 0 Å². The van der Waals surface area contributed by atoms with Crippen molar-refractivity contribution in [2.75, 3.05) is 0 Å². The third-order valence-electron chi connectivity index (χ3n) is 2.39. The zero-order valence-electron chi connectivity index (χ0n) is 8.65. The van der Waals surface area contributed by atoms with Gasteiger partial charge in [0.25, 0.3) is 0 Å². The number of aromatic nitrogens is 1. The Morgan fingerprint density at radius 3 is 2.67 bits per heavy atom. The van der Waals surface area contributed by atoms with E-state index in [-0.39, 0.29) is 5.78 Å². The van der Waals surface area contributed by atoms with Gasteiger partial charge in [-0.1, -0.05) is 0 Å². The van der Waals surface area contributed by atoms with Crippen molar-refractivity contribution in [1.29, 1.82) is 0 Å². The van der Waals surface area contributed by atoms with Crippen LogP contribution in [0.15, 0.2) is 29.9 Å². The summed E-state index contributed by atoms with van der Waals surface area (Å²) in [5.74, 6) is 0.0688. The van der Waals surface area contributed by atoms with Gasteiger partial charge in [-0.15, -0.1) is 11.3 Å². The van der Waals surface area contributed by atoms with Gasteiger partial charge in [0.1, 0.15) is 0 Å². The van der Waals surface area contributed by atoms with Crippen molar-refractivity contribution in [2.24, 2.45) is 0 Å². The summed E-state index contributed by atoms with van der Waals surface area (Å²) in [6.45, 7) is 3.89. The Labute approximate surface area is 92.6 Å². The van der Waals surface area contributed by atoms with Crippen LogP contribution >= 0.6 is 11.3 Å². The fourth-order valence-corrected chi connectivity index (χ4v) is 2.16. The number of rotatable bonds is 2. The Hall–Kier alpha value is -1.48. The van der Waals surface area contributed by atoms with Gasteiger partial charge in [-0.3, -0.25) is 9.78 Å². The van der Waals surface area contributed by atoms with Gasteiger partial charge in [-0.25, -0.2) is 0 Å². The van der Waals surface area contributed by atoms with E-state index in [1.807, 2.05) is 31.4 Å². The van der Waals surface area contributed by atoms with Crippen LogP contribution < -0.4 is 0 Å². The van der Waals surface area contributed by atoms with E-state index in [2.05, 4.69) is 4.98 Å². The molecule has 3 heteroatoms. The van der Waals surface area contributed by atoms with Crippen LogP contribution in [0.2, 0.25) is 0 Å². The van der Waals surface area contributed by atoms with E-state index in [0.717, 1.165) is 16.0 Å². The highest BCUT2D eigenvalue weighted by atomic mass is 32.1. The molecule has 0 aliphatic rings. The van der Waals surface area contributed by atoms with Crippen molar-refractivity contribution in [3.8, 4) is 0 Å². The second-order valence-corrected chi connectivity index (χ2v) is 4.53. The zero-order chi connectivity index (χ0) is 10.8. The number of carbonyl (C=O) groups excluding carboxylic acids is 1. The van der Waals surface area contributed by atoms with Crippen molar-refractivity contribution < 1.29 is 4.79 Å². The molecule has 2 rings (SSSR count). The maximum atomic E-state index is 12.1. The molecule has 15 heavy (non-hydrogen) atoms. The highest BCUT2D eigenvalue weighted by Crippen LogP contribution is 2.20. The van der Waals surface area contributed by atoms with E-state index in [9.17, 15) is 4.79 Å². The fraction of sp³-hybridized carbons (Fsp3) is 0.167. The molecule has 0 radical (unpaired) electrons. The first-order valence-electron chi connectivity index (χ1n) is 4.69. The largest absolute Gasteiger partial charge is 0.288 e. The molecule has 0 amide bonds. The summed E-state index contributed by atoms with van der Waals surface area (Å²) in [5.41, 5.74) is 2.45. The summed E-state index contributed by atoms with van der Waals surface area (Å²) < 4.78 is 0. The van der Waals surface area contributed by atoms with Crippen LogP contribution in [0.25, 0.3) is 0 Å². The summed E-state index contributed by atoms with van der Waals surface area (Å²) in [6, 6.07) is 3.73. The van der Waals surface area contributed by atoms with Crippen molar-refractivity contribution in [3.05, 3.63) is 51.5 Å². The first-order chi connectivity index (χ1) is 7.20. The second-order valence-electron chi connectivity index (χ2n) is 3.41. The molecule has 0 aliphatic heterocycles. The van der Waals surface area contributed by atoms with Gasteiger partial charge < -0.3 is 0 Å². The summed E-state index contributed by atoms with van der Waals surface area (Å²) in [6.07, 6.45) is 3.33. The Kier molecular flexibility index (Phi) is 2.64. The van der Waals surface area contributed by atoms with E-state index in [1.54, 1.807) is 23.7 Å². The van der Waals surface area contributed by atoms with E-state index in [1.165, 1.54) is 0 Å². The fourth-order valence-electron chi connectivity index (χ4n) is 1.47. The number of aryl methyl sites for hydroxylation is 2. The minimum absolute atomic E-state index is 0.0688. The average Bonchev–Trinajstić information content (AvgIpc) is 2.64. The van der Waals surface area contributed by atoms with Crippen LogP contribution in [0.3, 0.4) is 0 Å². The Morgan fingerprint density at radius 2 is 2.07 bits per heavy atom. The van der Waals surface area contributed by atoms with Crippen LogP contribution in [-0.4, -0.2) is 10.8 Å². The smallest absolute Gasteiger partial charge is 0.195 e. The monoisotopic (exact) mass is 217 g/mol. The zero-order valence-corrected chi connectivity index (χ0v) is 9.47. The maximum Gasteiger partial charge on any atom is 0.195 e. The van der Waals surface area contributed by atoms with Gasteiger partial charge >= 0.3 is 0 Å². The predicted molar refractivity (Wildman–Crippen MR) is 61.5 cm³/mol. The molecule has 0 saturated heterocycles. The van der Waals surface area contributed by atoms with E-state index >= 15 is 0 Å². The number of thiophene rings is 1. The summed E-state index contributed by atoms with van der Waals surface area (Å²) in [5, 5.41) is 1.94. The van der Waals surface area contributed by atoms with Crippen molar-refractivity contribution >= 4 is 17.1 Å². The first kappa shape index (κ1) is 10.1. The van der Waals surface area contributed by atoms with Crippen molar-refractivity contribution in [1.82, 2.24) is 4.98 Å². The van der Waals surface area contributed by atoms with E-state index in [4.69, 9.17) is 0 Å². The Morgan fingerprint density at radius 1 is 1.27 bits per heavy atom. The molecule has 2 heterocycles. The molecule has 2 nitrogen and oxygen atoms in total. The molecule has 2 aromatic heterocycles. The predicted octanol–water partition coefficient (Wildman–Crippen LogP) is 2.99. The number of nitrogens with zero attached hydrogens (tertiary/aromatic N) is 1. The van der Waals surface area contributed by atoms with E-state index < -0.39 is 0 Å². The van der Waals surface area contributed by atoms with Crippen LogP contribution in [0, 0.1) is 13.8 Å². The van der Waals surface area contributed by atoms with E-state index in [0.29, 0.717) is 5.56 Å². The molecule has 0 atom stereocenters. The van der Waals surface area contributed by atoms with Crippen molar-refractivity contribution in [3.63, 3.8) is 0 Å². The highest BCUT2D eigenvalue weighted by molar-refractivity contribution is 7.10. The molecule has 0 unspecified atom stereocenters. The van der Waals surface area contributed by atoms with Gasteiger partial charge in [0.15, 0.2) is 5.78 Å². The number of hydrogen-bond acceptors (Lipinski definition) is 3. The van der Waals surface area contributed by atoms with Crippen LogP contribution in [0.1, 0.15) is 26.4 Å². The molecule has 76 valence electrons. The third kappa shape index (κ3) is 1.83. The summed E-state index contributed by atoms with van der Waals surface area (Å²) in [7, 11) is 0. The van der Waals surface area contributed by atoms with Crippen LogP contribution in [-0.2, 0) is 0 Å². The topological polar surface area (TPSA) is 30.0 Å². The third-order valence-corrected chi connectivity index (χ3v) is 3.23. The van der Waals surface area contributed by atoms with Gasteiger partial charge in [-0.05, 0) is 36.9 Å². The SMILES string of the molecule is Cc1ccncc1C(=O)c1ccsc1C. The minimum Gasteiger partial charge on any atom is -0.288 e. The minimum atomic E-state index is 0.0688. The van der Waals surface area contributed by atoms with Gasteiger partial charge in [-0.2, -0.15) is 0 Å². The normalized spacial score (nSPS) is 10.3. The summed E-state index contributed by atoms with van der Waals surface area (Å²) in [4.78, 5) is 17.2. The van der Waals surface area contributed by atoms with Gasteiger partial charge in [0.05, 0.1) is 0 Å². The molecular formula is C12H11NOS. The summed E-state index contributed by atoms with van der Waals surface area (Å²) >= 11 is 1.59. The Balaban J connectivity index is 2.46. The lowest BCUT2D eigenvalue weighted by Gasteiger charge is -2.02. The molecule has 0 N–H and O–H groups in total. The Bertz CT molecular complexity index is 502. The molecule has 0 aromatic carbocycles. The maximum absolute atomic E-state index is 12.1. The molecule has 0 aliphatic carbocycles. The standard InChI is InChI=1S/C12H11NOS/c1-8-3-5-13-7-11(8)12(14)10-4-6-15-9(10)2/h3-7H,1-2H3. The lowest BCUT2D eigenvalue weighted by molar-refractivity contribution is 0.103. The van der Waals surface area contributed by atoms with Gasteiger partial charge in [0, 0.05) is 28.4 Å². The average molecular weight is 217 g/mol. The number of pyridine rings is 1. The lowest BCUT2D eigenvalue weighted by Crippen LogP contribution is -2.04. The molecule has 0 bridgehead atoms. The highest BCUT2D eigenvalue weighted by Gasteiger charge is 2.14. The van der Waals surface area contributed by atoms with Crippen molar-refractivity contribution in [2.45, 2.75) is 13.8 Å². The molecule has 0 saturated carbocycles. The van der Waals surface area contributed by atoms with Crippen LogP contribution in [0.5, 0.6) is 0 Å². The number of hydrogen-bond donors (Lipinski definition) is 0. The second kappa shape index (κ2) is 3.95. The van der Waals surface area contributed by atoms with Gasteiger partial charge in [0.2, 0.25) is 0 Å². The quantitative estimate of drug-likeness (QED) is 0.724. The molecule has 0 spiro atoms. The molecule has 0 fully saturated rings.